The van der Waals surface area contributed by atoms with Crippen molar-refractivity contribution in [1.82, 2.24) is 15.2 Å². The zero-order chi connectivity index (χ0) is 15.2. The second-order valence-corrected chi connectivity index (χ2v) is 6.45. The number of nitrogens with one attached hydrogen (secondary N) is 1. The molecule has 4 nitrogen and oxygen atoms in total. The van der Waals surface area contributed by atoms with E-state index < -0.39 is 0 Å². The van der Waals surface area contributed by atoms with Gasteiger partial charge in [-0.05, 0) is 63.5 Å². The van der Waals surface area contributed by atoms with Crippen molar-refractivity contribution in [3.8, 4) is 0 Å². The maximum Gasteiger partial charge on any atom is 0.128 e. The number of aryl methyl sites for hydroxylation is 1. The SMILES string of the molecule is CCCNCc1cc(C)nc(N(C)CC2CCN(C)C2)c1. The minimum absolute atomic E-state index is 0.768. The summed E-state index contributed by atoms with van der Waals surface area (Å²) in [6, 6.07) is 4.41. The third-order valence-corrected chi connectivity index (χ3v) is 4.17. The van der Waals surface area contributed by atoms with Crippen molar-refractivity contribution in [3.05, 3.63) is 23.4 Å². The zero-order valence-corrected chi connectivity index (χ0v) is 14.0. The molecule has 1 N–H and O–H groups in total. The molecule has 0 aromatic carbocycles. The predicted octanol–water partition coefficient (Wildman–Crippen LogP) is 2.28. The van der Waals surface area contributed by atoms with E-state index in [1.807, 2.05) is 0 Å². The molecule has 1 aliphatic heterocycles. The van der Waals surface area contributed by atoms with Crippen molar-refractivity contribution in [2.75, 3.05) is 45.2 Å². The van der Waals surface area contributed by atoms with Gasteiger partial charge in [-0.1, -0.05) is 6.92 Å². The molecule has 2 rings (SSSR count). The van der Waals surface area contributed by atoms with Crippen molar-refractivity contribution < 1.29 is 0 Å². The third-order valence-electron chi connectivity index (χ3n) is 4.17. The fraction of sp³-hybridized carbons (Fsp3) is 0.706. The number of hydrogen-bond acceptors (Lipinski definition) is 4. The standard InChI is InChI=1S/C17H30N4/c1-5-7-18-11-16-9-14(2)19-17(10-16)21(4)13-15-6-8-20(3)12-15/h9-10,15,18H,5-8,11-13H2,1-4H3. The lowest BCUT2D eigenvalue weighted by molar-refractivity contribution is 0.395. The highest BCUT2D eigenvalue weighted by molar-refractivity contribution is 5.42. The molecule has 0 bridgehead atoms. The Morgan fingerprint density at radius 2 is 2.24 bits per heavy atom. The highest BCUT2D eigenvalue weighted by atomic mass is 15.2. The van der Waals surface area contributed by atoms with Crippen molar-refractivity contribution in [2.24, 2.45) is 5.92 Å². The molecule has 0 aliphatic carbocycles. The van der Waals surface area contributed by atoms with Crippen LogP contribution < -0.4 is 10.2 Å². The largest absolute Gasteiger partial charge is 0.359 e. The van der Waals surface area contributed by atoms with Gasteiger partial charge in [0.25, 0.3) is 0 Å². The zero-order valence-electron chi connectivity index (χ0n) is 14.0. The van der Waals surface area contributed by atoms with E-state index in [9.17, 15) is 0 Å². The Hall–Kier alpha value is -1.13. The minimum Gasteiger partial charge on any atom is -0.359 e. The Labute approximate surface area is 129 Å². The summed E-state index contributed by atoms with van der Waals surface area (Å²) in [5.74, 6) is 1.88. The van der Waals surface area contributed by atoms with Crippen molar-refractivity contribution >= 4 is 5.82 Å². The van der Waals surface area contributed by atoms with Crippen molar-refractivity contribution in [3.63, 3.8) is 0 Å². The number of anilines is 1. The molecule has 118 valence electrons. The molecule has 1 aliphatic rings. The van der Waals surface area contributed by atoms with Gasteiger partial charge in [-0.2, -0.15) is 0 Å². The molecule has 1 aromatic rings. The molecule has 21 heavy (non-hydrogen) atoms. The van der Waals surface area contributed by atoms with Crippen molar-refractivity contribution in [1.29, 1.82) is 0 Å². The van der Waals surface area contributed by atoms with Gasteiger partial charge in [-0.15, -0.1) is 0 Å². The number of likely N-dealkylation sites (tertiary alicyclic amines) is 1. The Balaban J connectivity index is 1.97. The summed E-state index contributed by atoms with van der Waals surface area (Å²) in [4.78, 5) is 9.45. The van der Waals surface area contributed by atoms with E-state index in [0.717, 1.165) is 37.1 Å². The summed E-state index contributed by atoms with van der Waals surface area (Å²) in [5.41, 5.74) is 2.44. The molecule has 1 unspecified atom stereocenters. The molecule has 4 heteroatoms. The third kappa shape index (κ3) is 4.97. The normalized spacial score (nSPS) is 19.1. The molecular weight excluding hydrogens is 260 g/mol. The first-order chi connectivity index (χ1) is 10.1. The van der Waals surface area contributed by atoms with Crippen LogP contribution >= 0.6 is 0 Å². The maximum absolute atomic E-state index is 4.71. The monoisotopic (exact) mass is 290 g/mol. The molecule has 1 atom stereocenters. The van der Waals surface area contributed by atoms with Gasteiger partial charge in [0, 0.05) is 32.4 Å². The van der Waals surface area contributed by atoms with E-state index in [1.165, 1.54) is 31.5 Å². The predicted molar refractivity (Wildman–Crippen MR) is 89.8 cm³/mol. The average Bonchev–Trinajstić information content (AvgIpc) is 2.84. The van der Waals surface area contributed by atoms with Crippen LogP contribution in [0.25, 0.3) is 0 Å². The lowest BCUT2D eigenvalue weighted by atomic mass is 10.1. The molecule has 0 spiro atoms. The Morgan fingerprint density at radius 1 is 1.43 bits per heavy atom. The van der Waals surface area contributed by atoms with E-state index >= 15 is 0 Å². The van der Waals surface area contributed by atoms with Gasteiger partial charge in [0.15, 0.2) is 0 Å². The molecule has 0 amide bonds. The van der Waals surface area contributed by atoms with E-state index in [2.05, 4.69) is 55.2 Å². The van der Waals surface area contributed by atoms with Gasteiger partial charge < -0.3 is 15.1 Å². The first kappa shape index (κ1) is 16.2. The number of nitrogens with zero attached hydrogens (tertiary/aromatic N) is 3. The maximum atomic E-state index is 4.71. The quantitative estimate of drug-likeness (QED) is 0.781. The van der Waals surface area contributed by atoms with Gasteiger partial charge >= 0.3 is 0 Å². The first-order valence-electron chi connectivity index (χ1n) is 8.16. The van der Waals surface area contributed by atoms with Crippen LogP contribution in [0.2, 0.25) is 0 Å². The van der Waals surface area contributed by atoms with Gasteiger partial charge in [0.1, 0.15) is 5.82 Å². The molecule has 2 heterocycles. The highest BCUT2D eigenvalue weighted by Crippen LogP contribution is 2.19. The van der Waals surface area contributed by atoms with Crippen molar-refractivity contribution in [2.45, 2.75) is 33.2 Å². The number of rotatable bonds is 7. The fourth-order valence-electron chi connectivity index (χ4n) is 3.08. The number of aromatic nitrogens is 1. The van der Waals surface area contributed by atoms with E-state index in [4.69, 9.17) is 4.98 Å². The Morgan fingerprint density at radius 3 is 2.90 bits per heavy atom. The lowest BCUT2D eigenvalue weighted by Crippen LogP contribution is -2.28. The van der Waals surface area contributed by atoms with E-state index in [-0.39, 0.29) is 0 Å². The van der Waals surface area contributed by atoms with E-state index in [0.29, 0.717) is 0 Å². The molecule has 0 radical (unpaired) electrons. The van der Waals surface area contributed by atoms with Crippen LogP contribution in [0.4, 0.5) is 5.82 Å². The van der Waals surface area contributed by atoms with Gasteiger partial charge in [0.2, 0.25) is 0 Å². The summed E-state index contributed by atoms with van der Waals surface area (Å²) in [6.45, 7) is 9.83. The molecular formula is C17H30N4. The van der Waals surface area contributed by atoms with Gasteiger partial charge in [-0.25, -0.2) is 4.98 Å². The summed E-state index contributed by atoms with van der Waals surface area (Å²) < 4.78 is 0. The summed E-state index contributed by atoms with van der Waals surface area (Å²) in [5, 5.41) is 3.47. The first-order valence-corrected chi connectivity index (χ1v) is 8.16. The summed E-state index contributed by atoms with van der Waals surface area (Å²) in [7, 11) is 4.38. The topological polar surface area (TPSA) is 31.4 Å². The second kappa shape index (κ2) is 7.76. The van der Waals surface area contributed by atoms with Crippen LogP contribution in [0.5, 0.6) is 0 Å². The van der Waals surface area contributed by atoms with Crippen LogP contribution in [-0.2, 0) is 6.54 Å². The minimum atomic E-state index is 0.768. The van der Waals surface area contributed by atoms with Crippen LogP contribution in [0.15, 0.2) is 12.1 Å². The molecule has 0 saturated carbocycles. The summed E-state index contributed by atoms with van der Waals surface area (Å²) in [6.07, 6.45) is 2.48. The smallest absolute Gasteiger partial charge is 0.128 e. The average molecular weight is 290 g/mol. The second-order valence-electron chi connectivity index (χ2n) is 6.45. The molecule has 1 saturated heterocycles. The van der Waals surface area contributed by atoms with Gasteiger partial charge in [0.05, 0.1) is 0 Å². The van der Waals surface area contributed by atoms with Crippen LogP contribution in [0.1, 0.15) is 31.0 Å². The van der Waals surface area contributed by atoms with Crippen LogP contribution in [-0.4, -0.2) is 50.2 Å². The van der Waals surface area contributed by atoms with Crippen LogP contribution in [0.3, 0.4) is 0 Å². The van der Waals surface area contributed by atoms with E-state index in [1.54, 1.807) is 0 Å². The molecule has 1 fully saturated rings. The highest BCUT2D eigenvalue weighted by Gasteiger charge is 2.21. The van der Waals surface area contributed by atoms with Gasteiger partial charge in [-0.3, -0.25) is 0 Å². The summed E-state index contributed by atoms with van der Waals surface area (Å²) >= 11 is 0. The number of pyridine rings is 1. The molecule has 1 aromatic heterocycles. The Bertz CT molecular complexity index is 446. The Kier molecular flexibility index (Phi) is 6.00. The number of hydrogen-bond donors (Lipinski definition) is 1. The fourth-order valence-corrected chi connectivity index (χ4v) is 3.08. The lowest BCUT2D eigenvalue weighted by Gasteiger charge is -2.23. The van der Waals surface area contributed by atoms with Crippen LogP contribution in [0, 0.1) is 12.8 Å².